The Balaban J connectivity index is 2.22. The lowest BCUT2D eigenvalue weighted by Gasteiger charge is -2.15. The highest BCUT2D eigenvalue weighted by Gasteiger charge is 2.16. The molecule has 0 radical (unpaired) electrons. The first kappa shape index (κ1) is 15.0. The van der Waals surface area contributed by atoms with Crippen molar-refractivity contribution in [1.29, 1.82) is 0 Å². The second-order valence-corrected chi connectivity index (χ2v) is 5.55. The summed E-state index contributed by atoms with van der Waals surface area (Å²) >= 11 is 0. The molecule has 0 fully saturated rings. The fourth-order valence-corrected chi connectivity index (χ4v) is 2.23. The van der Waals surface area contributed by atoms with Crippen molar-refractivity contribution in [2.45, 2.75) is 20.3 Å². The second-order valence-electron chi connectivity index (χ2n) is 5.55. The van der Waals surface area contributed by atoms with Gasteiger partial charge in [0.1, 0.15) is 0 Å². The number of aliphatic hydroxyl groups is 1. The van der Waals surface area contributed by atoms with Gasteiger partial charge in [0.15, 0.2) is 5.76 Å². The third-order valence-corrected chi connectivity index (χ3v) is 3.21. The van der Waals surface area contributed by atoms with E-state index in [4.69, 9.17) is 0 Å². The summed E-state index contributed by atoms with van der Waals surface area (Å²) in [5, 5.41) is 9.62. The van der Waals surface area contributed by atoms with Crippen molar-refractivity contribution < 1.29 is 9.90 Å². The van der Waals surface area contributed by atoms with Crippen molar-refractivity contribution >= 4 is 11.9 Å². The number of allylic oxidation sites excluding steroid dienone is 6. The predicted octanol–water partition coefficient (Wildman–Crippen LogP) is 4.62. The van der Waals surface area contributed by atoms with E-state index < -0.39 is 0 Å². The van der Waals surface area contributed by atoms with Gasteiger partial charge >= 0.3 is 0 Å². The monoisotopic (exact) mass is 280 g/mol. The molecule has 1 aromatic rings. The molecular weight excluding hydrogens is 260 g/mol. The lowest BCUT2D eigenvalue weighted by atomic mass is 9.90. The molecule has 0 heterocycles. The van der Waals surface area contributed by atoms with Crippen LogP contribution < -0.4 is 0 Å². The highest BCUT2D eigenvalue weighted by Crippen LogP contribution is 2.25. The minimum Gasteiger partial charge on any atom is -0.504 e. The summed E-state index contributed by atoms with van der Waals surface area (Å²) in [5.74, 6) is -0.0455. The van der Waals surface area contributed by atoms with Crippen LogP contribution in [0.5, 0.6) is 0 Å². The summed E-state index contributed by atoms with van der Waals surface area (Å²) in [5.41, 5.74) is 2.99. The highest BCUT2D eigenvalue weighted by molar-refractivity contribution is 6.05. The third-order valence-electron chi connectivity index (χ3n) is 3.21. The van der Waals surface area contributed by atoms with E-state index in [9.17, 15) is 9.90 Å². The largest absolute Gasteiger partial charge is 0.504 e. The zero-order valence-corrected chi connectivity index (χ0v) is 12.4. The van der Waals surface area contributed by atoms with E-state index in [1.165, 1.54) is 6.08 Å². The van der Waals surface area contributed by atoms with E-state index in [-0.39, 0.29) is 11.5 Å². The van der Waals surface area contributed by atoms with E-state index in [2.05, 4.69) is 13.8 Å². The molecule has 0 unspecified atom stereocenters. The molecule has 0 spiro atoms. The quantitative estimate of drug-likeness (QED) is 0.873. The number of carbonyl (C=O) groups is 1. The molecule has 0 amide bonds. The first-order valence-corrected chi connectivity index (χ1v) is 7.15. The average Bonchev–Trinajstić information content (AvgIpc) is 2.44. The van der Waals surface area contributed by atoms with Crippen LogP contribution in [0.25, 0.3) is 6.08 Å². The van der Waals surface area contributed by atoms with Crippen molar-refractivity contribution in [3.8, 4) is 0 Å². The lowest BCUT2D eigenvalue weighted by molar-refractivity contribution is -0.113. The van der Waals surface area contributed by atoms with Crippen LogP contribution in [0.4, 0.5) is 0 Å². The van der Waals surface area contributed by atoms with Crippen LogP contribution in [0, 0.1) is 5.92 Å². The molecule has 0 saturated heterocycles. The topological polar surface area (TPSA) is 37.3 Å². The molecule has 0 aromatic heterocycles. The van der Waals surface area contributed by atoms with Crippen LogP contribution in [-0.4, -0.2) is 10.9 Å². The molecule has 0 saturated carbocycles. The third kappa shape index (κ3) is 4.32. The van der Waals surface area contributed by atoms with Gasteiger partial charge in [-0.2, -0.15) is 0 Å². The Labute approximate surface area is 125 Å². The minimum absolute atomic E-state index is 0.193. The predicted molar refractivity (Wildman–Crippen MR) is 86.8 cm³/mol. The Morgan fingerprint density at radius 2 is 1.86 bits per heavy atom. The normalized spacial score (nSPS) is 17.5. The van der Waals surface area contributed by atoms with Gasteiger partial charge in [0.05, 0.1) is 0 Å². The number of benzene rings is 1. The van der Waals surface area contributed by atoms with E-state index in [1.54, 1.807) is 6.08 Å². The van der Waals surface area contributed by atoms with Gasteiger partial charge in [-0.15, -0.1) is 0 Å². The zero-order chi connectivity index (χ0) is 15.2. The average molecular weight is 280 g/mol. The molecule has 0 atom stereocenters. The Morgan fingerprint density at radius 3 is 2.52 bits per heavy atom. The molecular formula is C19H20O2. The standard InChI is InChI=1S/C19H20O2/c1-14(2)11-17-13-19(21)18(20)12-16(17)10-6-9-15-7-4-3-5-8-15/h3-10,12-14,20H,11H2,1-2H3. The van der Waals surface area contributed by atoms with Crippen LogP contribution >= 0.6 is 0 Å². The molecule has 108 valence electrons. The molecule has 1 N–H and O–H groups in total. The number of hydrogen-bond acceptors (Lipinski definition) is 2. The summed E-state index contributed by atoms with van der Waals surface area (Å²) in [4.78, 5) is 11.6. The number of carbonyl (C=O) groups excluding carboxylic acids is 1. The maximum atomic E-state index is 11.6. The van der Waals surface area contributed by atoms with Gasteiger partial charge in [-0.1, -0.05) is 62.4 Å². The molecule has 0 aliphatic heterocycles. The molecule has 2 nitrogen and oxygen atoms in total. The van der Waals surface area contributed by atoms with Gasteiger partial charge in [0, 0.05) is 0 Å². The second kappa shape index (κ2) is 6.89. The summed E-state index contributed by atoms with van der Waals surface area (Å²) < 4.78 is 0. The van der Waals surface area contributed by atoms with Crippen LogP contribution in [0.15, 0.2) is 71.5 Å². The summed E-state index contributed by atoms with van der Waals surface area (Å²) in [6.45, 7) is 4.22. The van der Waals surface area contributed by atoms with E-state index in [0.717, 1.165) is 23.1 Å². The molecule has 2 heteroatoms. The van der Waals surface area contributed by atoms with Gasteiger partial charge in [0.25, 0.3) is 0 Å². The van der Waals surface area contributed by atoms with Crippen LogP contribution in [0.1, 0.15) is 25.8 Å². The van der Waals surface area contributed by atoms with Crippen molar-refractivity contribution in [2.75, 3.05) is 0 Å². The van der Waals surface area contributed by atoms with Crippen LogP contribution in [0.2, 0.25) is 0 Å². The Bertz CT molecular complexity index is 629. The first-order chi connectivity index (χ1) is 10.1. The molecule has 1 aromatic carbocycles. The van der Waals surface area contributed by atoms with Crippen LogP contribution in [-0.2, 0) is 4.79 Å². The molecule has 1 aliphatic carbocycles. The fourth-order valence-electron chi connectivity index (χ4n) is 2.23. The fraction of sp³-hybridized carbons (Fsp3) is 0.211. The first-order valence-electron chi connectivity index (χ1n) is 7.15. The number of hydrogen-bond donors (Lipinski definition) is 1. The Kier molecular flexibility index (Phi) is 4.94. The van der Waals surface area contributed by atoms with Crippen LogP contribution in [0.3, 0.4) is 0 Å². The van der Waals surface area contributed by atoms with Gasteiger partial charge in [-0.05, 0) is 41.2 Å². The molecule has 21 heavy (non-hydrogen) atoms. The minimum atomic E-state index is -0.310. The number of aliphatic hydroxyl groups excluding tert-OH is 1. The maximum absolute atomic E-state index is 11.6. The van der Waals surface area contributed by atoms with E-state index in [0.29, 0.717) is 5.92 Å². The highest BCUT2D eigenvalue weighted by atomic mass is 16.3. The summed E-state index contributed by atoms with van der Waals surface area (Å²) in [6, 6.07) is 10.0. The maximum Gasteiger partial charge on any atom is 0.220 e. The molecule has 1 aliphatic rings. The SMILES string of the molecule is CC(C)CC1=CC(=O)C(O)=CC1=CC=Cc1ccccc1. The van der Waals surface area contributed by atoms with E-state index >= 15 is 0 Å². The van der Waals surface area contributed by atoms with Crippen molar-refractivity contribution in [1.82, 2.24) is 0 Å². The van der Waals surface area contributed by atoms with Gasteiger partial charge in [-0.25, -0.2) is 0 Å². The van der Waals surface area contributed by atoms with Crippen molar-refractivity contribution in [3.63, 3.8) is 0 Å². The number of rotatable bonds is 4. The Morgan fingerprint density at radius 1 is 1.14 bits per heavy atom. The van der Waals surface area contributed by atoms with Gasteiger partial charge < -0.3 is 5.11 Å². The summed E-state index contributed by atoms with van der Waals surface area (Å²) in [6.07, 6.45) is 9.79. The van der Waals surface area contributed by atoms with E-state index in [1.807, 2.05) is 48.6 Å². The van der Waals surface area contributed by atoms with Gasteiger partial charge in [-0.3, -0.25) is 4.79 Å². The van der Waals surface area contributed by atoms with Crippen molar-refractivity contribution in [2.24, 2.45) is 5.92 Å². The van der Waals surface area contributed by atoms with Gasteiger partial charge in [0.2, 0.25) is 5.78 Å². The smallest absolute Gasteiger partial charge is 0.220 e. The lowest BCUT2D eigenvalue weighted by Crippen LogP contribution is -2.08. The molecule has 0 bridgehead atoms. The summed E-state index contributed by atoms with van der Waals surface area (Å²) in [7, 11) is 0. The Hall–Kier alpha value is -2.35. The zero-order valence-electron chi connectivity index (χ0n) is 12.4. The number of ketones is 1. The molecule has 2 rings (SSSR count). The van der Waals surface area contributed by atoms with Crippen molar-refractivity contribution in [3.05, 3.63) is 77.1 Å².